The number of benzene rings is 3. The lowest BCUT2D eigenvalue weighted by Gasteiger charge is -2.04. The summed E-state index contributed by atoms with van der Waals surface area (Å²) in [5.74, 6) is 0.229. The second kappa shape index (κ2) is 9.03. The average Bonchev–Trinajstić information content (AvgIpc) is 2.74. The molecule has 11 heteroatoms. The van der Waals surface area contributed by atoms with Crippen LogP contribution in [0.2, 0.25) is 0 Å². The highest BCUT2D eigenvalue weighted by molar-refractivity contribution is 7.85. The van der Waals surface area contributed by atoms with E-state index in [2.05, 4.69) is 20.8 Å². The van der Waals surface area contributed by atoms with Crippen LogP contribution in [0, 0.1) is 10.1 Å². The molecule has 0 saturated heterocycles. The van der Waals surface area contributed by atoms with E-state index >= 15 is 0 Å². The number of nitro groups is 1. The van der Waals surface area contributed by atoms with Crippen molar-refractivity contribution < 1.29 is 17.9 Å². The molecule has 3 rings (SSSR count). The Kier molecular flexibility index (Phi) is 6.25. The van der Waals surface area contributed by atoms with Gasteiger partial charge in [0.15, 0.2) is 0 Å². The summed E-state index contributed by atoms with van der Waals surface area (Å²) in [4.78, 5) is 9.99. The molecule has 152 valence electrons. The molecule has 0 atom stereocenters. The van der Waals surface area contributed by atoms with Crippen LogP contribution < -0.4 is 5.43 Å². The summed E-state index contributed by atoms with van der Waals surface area (Å²) in [7, 11) is -4.28. The van der Waals surface area contributed by atoms with Gasteiger partial charge in [-0.2, -0.15) is 13.5 Å². The maximum atomic E-state index is 11.1. The van der Waals surface area contributed by atoms with Gasteiger partial charge in [0.05, 0.1) is 21.2 Å². The van der Waals surface area contributed by atoms with Crippen LogP contribution in [-0.4, -0.2) is 23.7 Å². The Morgan fingerprint density at radius 3 is 2.13 bits per heavy atom. The number of nitro benzene ring substituents is 1. The van der Waals surface area contributed by atoms with Gasteiger partial charge in [0, 0.05) is 17.7 Å². The first-order valence-corrected chi connectivity index (χ1v) is 9.90. The highest BCUT2D eigenvalue weighted by Crippen LogP contribution is 2.19. The molecule has 0 aromatic heterocycles. The fourth-order valence-corrected chi connectivity index (χ4v) is 2.78. The third kappa shape index (κ3) is 5.53. The van der Waals surface area contributed by atoms with Crippen LogP contribution in [0.15, 0.2) is 99.1 Å². The maximum Gasteiger partial charge on any atom is 0.294 e. The van der Waals surface area contributed by atoms with E-state index in [-0.39, 0.29) is 16.4 Å². The van der Waals surface area contributed by atoms with Gasteiger partial charge in [0.2, 0.25) is 5.84 Å². The van der Waals surface area contributed by atoms with E-state index in [1.807, 2.05) is 6.07 Å². The number of rotatable bonds is 6. The molecule has 0 radical (unpaired) electrons. The minimum absolute atomic E-state index is 0.0547. The van der Waals surface area contributed by atoms with Crippen LogP contribution in [0.25, 0.3) is 0 Å². The smallest absolute Gasteiger partial charge is 0.282 e. The van der Waals surface area contributed by atoms with Crippen LogP contribution in [-0.2, 0) is 10.1 Å². The van der Waals surface area contributed by atoms with Crippen molar-refractivity contribution in [3.05, 3.63) is 94.5 Å². The van der Waals surface area contributed by atoms with Gasteiger partial charge >= 0.3 is 0 Å². The molecule has 2 N–H and O–H groups in total. The molecular formula is C19H15N5O5S. The van der Waals surface area contributed by atoms with Gasteiger partial charge in [-0.05, 0) is 36.4 Å². The van der Waals surface area contributed by atoms with Crippen LogP contribution in [0.3, 0.4) is 0 Å². The largest absolute Gasteiger partial charge is 0.294 e. The van der Waals surface area contributed by atoms with Crippen molar-refractivity contribution in [3.63, 3.8) is 0 Å². The Morgan fingerprint density at radius 1 is 0.933 bits per heavy atom. The Labute approximate surface area is 171 Å². The van der Waals surface area contributed by atoms with Gasteiger partial charge in [-0.15, -0.1) is 10.2 Å². The minimum atomic E-state index is -4.28. The van der Waals surface area contributed by atoms with Crippen LogP contribution in [0.5, 0.6) is 0 Å². The molecule has 0 spiro atoms. The summed E-state index contributed by atoms with van der Waals surface area (Å²) < 4.78 is 31.3. The molecule has 0 aliphatic carbocycles. The van der Waals surface area contributed by atoms with Gasteiger partial charge in [-0.25, -0.2) is 0 Å². The zero-order chi connectivity index (χ0) is 21.6. The number of hydrazone groups is 1. The topological polar surface area (TPSA) is 147 Å². The van der Waals surface area contributed by atoms with E-state index in [1.54, 1.807) is 24.3 Å². The van der Waals surface area contributed by atoms with E-state index in [9.17, 15) is 18.5 Å². The first-order chi connectivity index (χ1) is 14.3. The second-order valence-corrected chi connectivity index (χ2v) is 7.31. The first-order valence-electron chi connectivity index (χ1n) is 8.46. The Hall–Kier alpha value is -3.96. The molecule has 3 aromatic rings. The molecule has 0 aliphatic rings. The Balaban J connectivity index is 1.84. The molecule has 0 fully saturated rings. The Bertz CT molecular complexity index is 1190. The average molecular weight is 425 g/mol. The van der Waals surface area contributed by atoms with Gasteiger partial charge in [-0.1, -0.05) is 30.3 Å². The van der Waals surface area contributed by atoms with Gasteiger partial charge < -0.3 is 0 Å². The van der Waals surface area contributed by atoms with Crippen LogP contribution >= 0.6 is 0 Å². The molecule has 10 nitrogen and oxygen atoms in total. The summed E-state index contributed by atoms with van der Waals surface area (Å²) in [6.07, 6.45) is 0. The molecule has 0 aliphatic heterocycles. The van der Waals surface area contributed by atoms with Crippen LogP contribution in [0.4, 0.5) is 17.1 Å². The number of nitrogens with zero attached hydrogens (tertiary/aromatic N) is 4. The van der Waals surface area contributed by atoms with E-state index in [1.165, 1.54) is 48.5 Å². The Morgan fingerprint density at radius 2 is 1.57 bits per heavy atom. The summed E-state index contributed by atoms with van der Waals surface area (Å²) >= 11 is 0. The van der Waals surface area contributed by atoms with Crippen molar-refractivity contribution in [1.29, 1.82) is 0 Å². The van der Waals surface area contributed by atoms with Crippen LogP contribution in [0.1, 0.15) is 5.56 Å². The third-order valence-electron chi connectivity index (χ3n) is 3.80. The minimum Gasteiger partial charge on any atom is -0.282 e. The zero-order valence-corrected chi connectivity index (χ0v) is 16.1. The monoisotopic (exact) mass is 425 g/mol. The van der Waals surface area contributed by atoms with Crippen molar-refractivity contribution >= 4 is 33.0 Å². The molecule has 0 bridgehead atoms. The number of hydrogen-bond donors (Lipinski definition) is 2. The summed E-state index contributed by atoms with van der Waals surface area (Å²) in [6.45, 7) is 0. The molecule has 0 amide bonds. The standard InChI is InChI=1S/C19H15N5O5S/c25-24(26)17-10-6-15(7-11-17)20-22-19(14-4-2-1-3-5-14)23-21-16-8-12-18(13-9-16)30(27,28)29/h1-13,21H,(H,27,28,29)/b22-20?,23-19+. The van der Waals surface area contributed by atoms with E-state index < -0.39 is 15.0 Å². The molecule has 0 heterocycles. The van der Waals surface area contributed by atoms with Gasteiger partial charge in [0.25, 0.3) is 15.8 Å². The maximum absolute atomic E-state index is 11.1. The molecular weight excluding hydrogens is 410 g/mol. The lowest BCUT2D eigenvalue weighted by molar-refractivity contribution is -0.384. The normalized spacial score (nSPS) is 12.1. The molecule has 0 saturated carbocycles. The van der Waals surface area contributed by atoms with Crippen molar-refractivity contribution in [3.8, 4) is 0 Å². The van der Waals surface area contributed by atoms with Gasteiger partial charge in [-0.3, -0.25) is 20.1 Å². The number of non-ortho nitro benzene ring substituents is 1. The summed E-state index contributed by atoms with van der Waals surface area (Å²) in [5.41, 5.74) is 4.22. The summed E-state index contributed by atoms with van der Waals surface area (Å²) in [6, 6.07) is 19.9. The lowest BCUT2D eigenvalue weighted by Crippen LogP contribution is -2.02. The van der Waals surface area contributed by atoms with Crippen molar-refractivity contribution in [2.24, 2.45) is 15.3 Å². The highest BCUT2D eigenvalue weighted by atomic mass is 32.2. The van der Waals surface area contributed by atoms with E-state index in [0.29, 0.717) is 16.9 Å². The highest BCUT2D eigenvalue weighted by Gasteiger charge is 2.09. The third-order valence-corrected chi connectivity index (χ3v) is 4.66. The quantitative estimate of drug-likeness (QED) is 0.149. The fraction of sp³-hybridized carbons (Fsp3) is 0. The van der Waals surface area contributed by atoms with E-state index in [4.69, 9.17) is 4.55 Å². The van der Waals surface area contributed by atoms with Crippen molar-refractivity contribution in [2.75, 3.05) is 5.43 Å². The number of nitrogens with one attached hydrogen (secondary N) is 1. The number of azo groups is 1. The fourth-order valence-electron chi connectivity index (χ4n) is 2.30. The SMILES string of the molecule is O=[N+]([O-])c1ccc(N=N/C(=N/Nc2ccc(S(=O)(=O)O)cc2)c2ccccc2)cc1. The first kappa shape index (κ1) is 20.8. The predicted octanol–water partition coefficient (Wildman–Crippen LogP) is 4.40. The molecule has 0 unspecified atom stereocenters. The number of amidine groups is 1. The van der Waals surface area contributed by atoms with Crippen molar-refractivity contribution in [1.82, 2.24) is 0 Å². The lowest BCUT2D eigenvalue weighted by atomic mass is 10.2. The second-order valence-electron chi connectivity index (χ2n) is 5.89. The van der Waals surface area contributed by atoms with Crippen molar-refractivity contribution in [2.45, 2.75) is 4.90 Å². The predicted molar refractivity (Wildman–Crippen MR) is 110 cm³/mol. The zero-order valence-electron chi connectivity index (χ0n) is 15.3. The molecule has 3 aromatic carbocycles. The summed E-state index contributed by atoms with van der Waals surface area (Å²) in [5, 5.41) is 23.1. The van der Waals surface area contributed by atoms with Gasteiger partial charge in [0.1, 0.15) is 0 Å². The van der Waals surface area contributed by atoms with E-state index in [0.717, 1.165) is 0 Å². The molecule has 30 heavy (non-hydrogen) atoms. The number of hydrogen-bond acceptors (Lipinski definition) is 7. The number of anilines is 1.